The Morgan fingerprint density at radius 2 is 1.35 bits per heavy atom. The number of para-hydroxylation sites is 2. The molecule has 0 radical (unpaired) electrons. The largest absolute Gasteiger partial charge is 0.309 e. The maximum atomic E-state index is 3.46. The van der Waals surface area contributed by atoms with Crippen LogP contribution in [0.2, 0.25) is 0 Å². The highest BCUT2D eigenvalue weighted by Crippen LogP contribution is 2.50. The minimum atomic E-state index is 1.03. The van der Waals surface area contributed by atoms with Crippen molar-refractivity contribution in [3.8, 4) is 48.8 Å². The van der Waals surface area contributed by atoms with Gasteiger partial charge in [-0.1, -0.05) is 121 Å². The summed E-state index contributed by atoms with van der Waals surface area (Å²) in [5.41, 5.74) is 13.7. The van der Waals surface area contributed by atoms with Crippen LogP contribution in [0.1, 0.15) is 17.5 Å². The molecule has 0 bridgehead atoms. The Hall–Kier alpha value is -5.62. The average molecular weight is 604 g/mol. The minimum absolute atomic E-state index is 1.03. The second-order valence-corrected chi connectivity index (χ2v) is 12.8. The lowest BCUT2D eigenvalue weighted by Crippen LogP contribution is -1.96. The Morgan fingerprint density at radius 1 is 0.587 bits per heavy atom. The molecule has 1 aliphatic rings. The van der Waals surface area contributed by atoms with E-state index in [9.17, 15) is 0 Å². The second-order valence-electron chi connectivity index (χ2n) is 11.8. The molecule has 2 aromatic heterocycles. The van der Waals surface area contributed by atoms with Gasteiger partial charge in [-0.15, -0.1) is 11.3 Å². The number of hydrogen-bond donors (Lipinski definition) is 0. The van der Waals surface area contributed by atoms with E-state index in [1.54, 1.807) is 0 Å². The molecule has 0 N–H and O–H groups in total. The van der Waals surface area contributed by atoms with Crippen molar-refractivity contribution in [2.45, 2.75) is 12.8 Å². The van der Waals surface area contributed by atoms with Crippen LogP contribution in [-0.2, 0) is 6.42 Å². The van der Waals surface area contributed by atoms with Crippen molar-refractivity contribution in [3.63, 3.8) is 0 Å². The van der Waals surface area contributed by atoms with Crippen molar-refractivity contribution in [2.24, 2.45) is 0 Å². The van der Waals surface area contributed by atoms with Crippen LogP contribution >= 0.6 is 11.3 Å². The first-order chi connectivity index (χ1) is 22.8. The molecule has 0 fully saturated rings. The third-order valence-electron chi connectivity index (χ3n) is 9.16. The molecule has 46 heavy (non-hydrogen) atoms. The van der Waals surface area contributed by atoms with E-state index in [1.807, 2.05) is 17.4 Å². The number of aromatic nitrogens is 1. The summed E-state index contributed by atoms with van der Waals surface area (Å²) in [5.74, 6) is 0. The van der Waals surface area contributed by atoms with E-state index in [2.05, 4.69) is 162 Å². The molecular formula is C44H29NS. The van der Waals surface area contributed by atoms with E-state index >= 15 is 0 Å². The number of thiophene rings is 1. The lowest BCUT2D eigenvalue weighted by Gasteiger charge is -2.14. The summed E-state index contributed by atoms with van der Waals surface area (Å²) < 4.78 is 2.40. The molecule has 216 valence electrons. The van der Waals surface area contributed by atoms with Crippen molar-refractivity contribution < 1.29 is 0 Å². The molecule has 1 aliphatic carbocycles. The summed E-state index contributed by atoms with van der Waals surface area (Å²) in [4.78, 5) is 2.68. The molecule has 0 aliphatic heterocycles. The van der Waals surface area contributed by atoms with Crippen LogP contribution in [0.4, 0.5) is 0 Å². The summed E-state index contributed by atoms with van der Waals surface area (Å²) in [6, 6.07) is 56.8. The van der Waals surface area contributed by atoms with Gasteiger partial charge < -0.3 is 4.57 Å². The quantitative estimate of drug-likeness (QED) is 0.184. The van der Waals surface area contributed by atoms with E-state index in [0.717, 1.165) is 24.1 Å². The lowest BCUT2D eigenvalue weighted by atomic mass is 9.89. The molecule has 2 heteroatoms. The van der Waals surface area contributed by atoms with Gasteiger partial charge in [-0.25, -0.2) is 0 Å². The molecule has 0 unspecified atom stereocenters. The van der Waals surface area contributed by atoms with Gasteiger partial charge in [0.2, 0.25) is 0 Å². The molecular weight excluding hydrogens is 575 g/mol. The first-order valence-electron chi connectivity index (χ1n) is 15.8. The highest BCUT2D eigenvalue weighted by Gasteiger charge is 2.25. The van der Waals surface area contributed by atoms with Crippen molar-refractivity contribution >= 4 is 39.2 Å². The van der Waals surface area contributed by atoms with Gasteiger partial charge in [-0.2, -0.15) is 0 Å². The summed E-state index contributed by atoms with van der Waals surface area (Å²) in [7, 11) is 0. The molecule has 0 saturated heterocycles. The molecule has 6 aromatic carbocycles. The van der Waals surface area contributed by atoms with Gasteiger partial charge in [0.05, 0.1) is 11.0 Å². The smallest absolute Gasteiger partial charge is 0.0547 e. The minimum Gasteiger partial charge on any atom is -0.309 e. The highest BCUT2D eigenvalue weighted by atomic mass is 32.1. The monoisotopic (exact) mass is 603 g/mol. The van der Waals surface area contributed by atoms with Gasteiger partial charge in [0.1, 0.15) is 0 Å². The summed E-state index contributed by atoms with van der Waals surface area (Å²) in [6.45, 7) is 0. The molecule has 8 aromatic rings. The molecule has 9 rings (SSSR count). The predicted octanol–water partition coefficient (Wildman–Crippen LogP) is 12.1. The van der Waals surface area contributed by atoms with Crippen molar-refractivity contribution in [1.29, 1.82) is 0 Å². The average Bonchev–Trinajstić information content (AvgIpc) is 3.68. The van der Waals surface area contributed by atoms with Crippen molar-refractivity contribution in [2.75, 3.05) is 0 Å². The van der Waals surface area contributed by atoms with Crippen molar-refractivity contribution in [1.82, 2.24) is 4.57 Å². The van der Waals surface area contributed by atoms with Gasteiger partial charge in [-0.05, 0) is 77.6 Å². The Bertz CT molecular complexity index is 2390. The Balaban J connectivity index is 1.36. The Labute approximate surface area is 273 Å². The fourth-order valence-electron chi connectivity index (χ4n) is 7.09. The fraction of sp³-hybridized carbons (Fsp3) is 0.0455. The Morgan fingerprint density at radius 3 is 2.17 bits per heavy atom. The van der Waals surface area contributed by atoms with Gasteiger partial charge >= 0.3 is 0 Å². The zero-order chi connectivity index (χ0) is 30.5. The summed E-state index contributed by atoms with van der Waals surface area (Å²) in [5, 5.41) is 2.52. The van der Waals surface area contributed by atoms with Crippen LogP contribution in [0.15, 0.2) is 146 Å². The highest BCUT2D eigenvalue weighted by molar-refractivity contribution is 7.19. The van der Waals surface area contributed by atoms with Gasteiger partial charge in [0.15, 0.2) is 0 Å². The molecule has 1 nitrogen and oxygen atoms in total. The van der Waals surface area contributed by atoms with Crippen molar-refractivity contribution in [3.05, 3.63) is 169 Å². The van der Waals surface area contributed by atoms with E-state index < -0.39 is 0 Å². The molecule has 0 saturated carbocycles. The van der Waals surface area contributed by atoms with E-state index in [0.29, 0.717) is 0 Å². The summed E-state index contributed by atoms with van der Waals surface area (Å²) >= 11 is 1.93. The van der Waals surface area contributed by atoms with E-state index in [1.165, 1.54) is 70.5 Å². The first kappa shape index (κ1) is 26.8. The summed E-state index contributed by atoms with van der Waals surface area (Å²) in [6.07, 6.45) is 6.77. The van der Waals surface area contributed by atoms with Gasteiger partial charge in [-0.3, -0.25) is 0 Å². The van der Waals surface area contributed by atoms with Crippen LogP contribution in [0.3, 0.4) is 0 Å². The predicted molar refractivity (Wildman–Crippen MR) is 195 cm³/mol. The zero-order valence-corrected chi connectivity index (χ0v) is 26.0. The van der Waals surface area contributed by atoms with Crippen LogP contribution in [0.25, 0.3) is 76.7 Å². The van der Waals surface area contributed by atoms with Crippen LogP contribution in [-0.4, -0.2) is 4.57 Å². The SMILES string of the molecule is c1cccc(-c2cc3c(cc2-c2sc(-c4ccccc4-c4ccccc4)c4c2CCC=C4)c2ccccc2n3-c2ccccc2)c#1. The molecule has 0 spiro atoms. The number of hydrogen-bond acceptors (Lipinski definition) is 1. The third kappa shape index (κ3) is 4.32. The maximum Gasteiger partial charge on any atom is 0.0547 e. The number of allylic oxidation sites excluding steroid dienone is 1. The normalized spacial score (nSPS) is 12.3. The third-order valence-corrected chi connectivity index (χ3v) is 10.5. The number of rotatable bonds is 5. The Kier molecular flexibility index (Phi) is 6.44. The van der Waals surface area contributed by atoms with E-state index in [4.69, 9.17) is 0 Å². The van der Waals surface area contributed by atoms with Gasteiger partial charge in [0.25, 0.3) is 0 Å². The number of fused-ring (bicyclic) bond motifs is 4. The lowest BCUT2D eigenvalue weighted by molar-refractivity contribution is 0.996. The van der Waals surface area contributed by atoms with Crippen LogP contribution in [0.5, 0.6) is 0 Å². The standard InChI is InChI=1S/C44H29NS/c1-4-16-30(17-5-1)33-22-10-11-24-35(33)43-36-25-12-13-26-37(36)44(46-43)40-28-39-34-23-14-15-27-41(34)45(32-20-8-3-9-21-32)42(39)29-38(40)31-18-6-2-7-19-31/h1-6,8-12,14-18,20-25,27-29H,13,26H2. The molecule has 0 atom stereocenters. The molecule has 0 amide bonds. The number of benzene rings is 5. The fourth-order valence-corrected chi connectivity index (χ4v) is 8.50. The second kappa shape index (κ2) is 11.1. The maximum absolute atomic E-state index is 3.46. The van der Waals surface area contributed by atoms with Crippen LogP contribution in [0, 0.1) is 12.1 Å². The van der Waals surface area contributed by atoms with E-state index in [-0.39, 0.29) is 0 Å². The first-order valence-corrected chi connectivity index (χ1v) is 16.7. The van der Waals surface area contributed by atoms with Gasteiger partial charge in [0, 0.05) is 48.5 Å². The zero-order valence-electron chi connectivity index (χ0n) is 25.2. The van der Waals surface area contributed by atoms with Crippen LogP contribution < -0.4 is 0 Å². The topological polar surface area (TPSA) is 4.93 Å². The molecule has 2 heterocycles. The number of nitrogens with zero attached hydrogens (tertiary/aromatic N) is 1.